The van der Waals surface area contributed by atoms with E-state index in [0.29, 0.717) is 22.0 Å². The molecule has 0 unspecified atom stereocenters. The molecule has 130 valence electrons. The number of para-hydroxylation sites is 1. The average Bonchev–Trinajstić information content (AvgIpc) is 2.65. The van der Waals surface area contributed by atoms with E-state index in [1.807, 2.05) is 0 Å². The second-order valence-electron chi connectivity index (χ2n) is 6.35. The molecule has 1 heterocycles. The van der Waals surface area contributed by atoms with Crippen molar-refractivity contribution in [2.45, 2.75) is 25.7 Å². The van der Waals surface area contributed by atoms with Gasteiger partial charge in [-0.15, -0.1) is 0 Å². The van der Waals surface area contributed by atoms with Gasteiger partial charge in [-0.3, -0.25) is 25.2 Å². The van der Waals surface area contributed by atoms with Crippen LogP contribution in [0.5, 0.6) is 0 Å². The smallest absolute Gasteiger partial charge is 0.258 e. The second-order valence-corrected chi connectivity index (χ2v) is 6.35. The number of hydrogen-bond donors (Lipinski definition) is 0. The molecule has 4 rings (SSSR count). The summed E-state index contributed by atoms with van der Waals surface area (Å²) in [4.78, 5) is 26.6. The molecule has 1 aromatic heterocycles. The van der Waals surface area contributed by atoms with Crippen LogP contribution in [0, 0.1) is 20.2 Å². The highest BCUT2D eigenvalue weighted by Gasteiger charge is 2.25. The fourth-order valence-corrected chi connectivity index (χ4v) is 3.68. The number of non-ortho nitro benzene ring substituents is 1. The van der Waals surface area contributed by atoms with Crippen LogP contribution >= 0.6 is 0 Å². The molecule has 0 aliphatic heterocycles. The van der Waals surface area contributed by atoms with E-state index in [2.05, 4.69) is 4.98 Å². The Kier molecular flexibility index (Phi) is 3.84. The van der Waals surface area contributed by atoms with E-state index in [-0.39, 0.29) is 11.4 Å². The number of pyridine rings is 1. The number of nitro benzene ring substituents is 2. The molecule has 0 amide bonds. The number of aromatic nitrogens is 1. The number of hydrogen-bond acceptors (Lipinski definition) is 5. The van der Waals surface area contributed by atoms with Gasteiger partial charge in [0.2, 0.25) is 0 Å². The molecule has 0 bridgehead atoms. The maximum absolute atomic E-state index is 11.6. The molecule has 2 aromatic carbocycles. The quantitative estimate of drug-likeness (QED) is 0.508. The predicted molar refractivity (Wildman–Crippen MR) is 97.1 cm³/mol. The van der Waals surface area contributed by atoms with Crippen LogP contribution in [0.25, 0.3) is 22.0 Å². The van der Waals surface area contributed by atoms with Gasteiger partial charge < -0.3 is 0 Å². The van der Waals surface area contributed by atoms with Crippen LogP contribution in [0.4, 0.5) is 11.4 Å². The number of benzene rings is 2. The average molecular weight is 349 g/mol. The van der Waals surface area contributed by atoms with Crippen molar-refractivity contribution in [3.05, 3.63) is 74.0 Å². The topological polar surface area (TPSA) is 99.2 Å². The number of nitrogens with zero attached hydrogens (tertiary/aromatic N) is 3. The van der Waals surface area contributed by atoms with Crippen molar-refractivity contribution < 1.29 is 9.85 Å². The molecule has 0 N–H and O–H groups in total. The van der Waals surface area contributed by atoms with Crippen LogP contribution < -0.4 is 0 Å². The number of fused-ring (bicyclic) bond motifs is 2. The molecular formula is C19H15N3O4. The highest BCUT2D eigenvalue weighted by atomic mass is 16.6. The summed E-state index contributed by atoms with van der Waals surface area (Å²) in [6, 6.07) is 11.1. The fraction of sp³-hybridized carbons (Fsp3) is 0.211. The van der Waals surface area contributed by atoms with Crippen LogP contribution in [-0.4, -0.2) is 14.8 Å². The molecule has 0 radical (unpaired) electrons. The predicted octanol–water partition coefficient (Wildman–Crippen LogP) is 4.60. The first-order valence-corrected chi connectivity index (χ1v) is 8.40. The molecule has 1 aliphatic carbocycles. The first-order valence-electron chi connectivity index (χ1n) is 8.40. The second kappa shape index (κ2) is 6.18. The summed E-state index contributed by atoms with van der Waals surface area (Å²) >= 11 is 0. The van der Waals surface area contributed by atoms with Crippen LogP contribution in [0.15, 0.2) is 42.5 Å². The monoisotopic (exact) mass is 349 g/mol. The van der Waals surface area contributed by atoms with Crippen LogP contribution in [-0.2, 0) is 12.8 Å². The lowest BCUT2D eigenvalue weighted by molar-refractivity contribution is -0.384. The Morgan fingerprint density at radius 3 is 2.46 bits per heavy atom. The van der Waals surface area contributed by atoms with Crippen molar-refractivity contribution in [3.63, 3.8) is 0 Å². The van der Waals surface area contributed by atoms with Crippen molar-refractivity contribution >= 4 is 22.3 Å². The van der Waals surface area contributed by atoms with E-state index in [9.17, 15) is 20.2 Å². The Bertz CT molecular complexity index is 1060. The number of rotatable bonds is 3. The summed E-state index contributed by atoms with van der Waals surface area (Å²) in [5.41, 5.74) is 3.69. The van der Waals surface area contributed by atoms with Crippen molar-refractivity contribution in [1.82, 2.24) is 4.98 Å². The minimum atomic E-state index is -0.456. The van der Waals surface area contributed by atoms with Gasteiger partial charge in [-0.25, -0.2) is 0 Å². The number of aryl methyl sites for hydroxylation is 1. The highest BCUT2D eigenvalue weighted by Crippen LogP contribution is 2.41. The molecule has 26 heavy (non-hydrogen) atoms. The largest absolute Gasteiger partial charge is 0.277 e. The maximum atomic E-state index is 11.6. The Morgan fingerprint density at radius 2 is 1.69 bits per heavy atom. The van der Waals surface area contributed by atoms with E-state index in [0.717, 1.165) is 36.9 Å². The Balaban J connectivity index is 2.13. The van der Waals surface area contributed by atoms with Gasteiger partial charge in [0.25, 0.3) is 11.4 Å². The zero-order valence-corrected chi connectivity index (χ0v) is 13.8. The lowest BCUT2D eigenvalue weighted by Gasteiger charge is -2.21. The van der Waals surface area contributed by atoms with Gasteiger partial charge in [0.15, 0.2) is 0 Å². The fourth-order valence-electron chi connectivity index (χ4n) is 3.68. The summed E-state index contributed by atoms with van der Waals surface area (Å²) in [5, 5.41) is 23.4. The standard InChI is InChI=1S/C19H15N3O4/c23-21(24)12-9-10-17-15(11-12)19(13-5-1-3-7-16(13)20-17)14-6-2-4-8-18(14)22(25)26/h2,4,6,8-11H,1,3,5,7H2. The molecule has 3 aromatic rings. The van der Waals surface area contributed by atoms with Gasteiger partial charge in [-0.05, 0) is 43.4 Å². The molecule has 7 heteroatoms. The van der Waals surface area contributed by atoms with Gasteiger partial charge in [0, 0.05) is 34.8 Å². The van der Waals surface area contributed by atoms with Crippen molar-refractivity contribution in [2.75, 3.05) is 0 Å². The van der Waals surface area contributed by atoms with Gasteiger partial charge in [-0.2, -0.15) is 0 Å². The van der Waals surface area contributed by atoms with Crippen LogP contribution in [0.3, 0.4) is 0 Å². The minimum absolute atomic E-state index is 0.000667. The third kappa shape index (κ3) is 2.57. The highest BCUT2D eigenvalue weighted by molar-refractivity contribution is 6.00. The molecule has 0 spiro atoms. The Labute approximate surface area is 148 Å². The van der Waals surface area contributed by atoms with Gasteiger partial charge in [0.05, 0.1) is 20.9 Å². The lowest BCUT2D eigenvalue weighted by atomic mass is 9.86. The Morgan fingerprint density at radius 1 is 0.923 bits per heavy atom. The molecule has 0 saturated heterocycles. The molecule has 0 fully saturated rings. The van der Waals surface area contributed by atoms with Gasteiger partial charge in [0.1, 0.15) is 0 Å². The van der Waals surface area contributed by atoms with Gasteiger partial charge in [-0.1, -0.05) is 12.1 Å². The molecule has 0 atom stereocenters. The number of nitro groups is 2. The van der Waals surface area contributed by atoms with Crippen molar-refractivity contribution in [3.8, 4) is 11.1 Å². The minimum Gasteiger partial charge on any atom is -0.258 e. The van der Waals surface area contributed by atoms with E-state index in [1.165, 1.54) is 18.2 Å². The third-order valence-electron chi connectivity index (χ3n) is 4.83. The summed E-state index contributed by atoms with van der Waals surface area (Å²) in [6.45, 7) is 0. The van der Waals surface area contributed by atoms with Crippen LogP contribution in [0.2, 0.25) is 0 Å². The normalized spacial score (nSPS) is 13.4. The zero-order valence-electron chi connectivity index (χ0n) is 13.8. The lowest BCUT2D eigenvalue weighted by Crippen LogP contribution is -2.09. The van der Waals surface area contributed by atoms with Crippen molar-refractivity contribution in [1.29, 1.82) is 0 Å². The third-order valence-corrected chi connectivity index (χ3v) is 4.83. The summed E-state index contributed by atoms with van der Waals surface area (Å²) in [6.07, 6.45) is 3.58. The summed E-state index contributed by atoms with van der Waals surface area (Å²) in [5.74, 6) is 0. The van der Waals surface area contributed by atoms with E-state index >= 15 is 0 Å². The summed E-state index contributed by atoms with van der Waals surface area (Å²) in [7, 11) is 0. The first kappa shape index (κ1) is 16.1. The Hall–Kier alpha value is -3.35. The van der Waals surface area contributed by atoms with Crippen LogP contribution in [0.1, 0.15) is 24.1 Å². The molecule has 0 saturated carbocycles. The maximum Gasteiger partial charge on any atom is 0.277 e. The summed E-state index contributed by atoms with van der Waals surface area (Å²) < 4.78 is 0. The first-order chi connectivity index (χ1) is 12.6. The molecule has 7 nitrogen and oxygen atoms in total. The van der Waals surface area contributed by atoms with Gasteiger partial charge >= 0.3 is 0 Å². The molecular weight excluding hydrogens is 334 g/mol. The zero-order chi connectivity index (χ0) is 18.3. The van der Waals surface area contributed by atoms with E-state index < -0.39 is 9.85 Å². The van der Waals surface area contributed by atoms with Crippen molar-refractivity contribution in [2.24, 2.45) is 0 Å². The SMILES string of the molecule is O=[N+]([O-])c1ccc2nc3c(c(-c4ccccc4[N+](=O)[O-])c2c1)CCCC3. The van der Waals surface area contributed by atoms with E-state index in [1.54, 1.807) is 24.3 Å². The van der Waals surface area contributed by atoms with E-state index in [4.69, 9.17) is 0 Å². The molecule has 1 aliphatic rings.